The van der Waals surface area contributed by atoms with E-state index in [-0.39, 0.29) is 23.6 Å². The minimum absolute atomic E-state index is 0.0232. The fourth-order valence-electron chi connectivity index (χ4n) is 3.18. The van der Waals surface area contributed by atoms with Crippen LogP contribution in [0.1, 0.15) is 5.56 Å². The average molecular weight is 499 g/mol. The van der Waals surface area contributed by atoms with E-state index < -0.39 is 27.9 Å². The van der Waals surface area contributed by atoms with Crippen molar-refractivity contribution in [2.45, 2.75) is 10.9 Å². The van der Waals surface area contributed by atoms with Gasteiger partial charge in [-0.1, -0.05) is 23.2 Å². The van der Waals surface area contributed by atoms with Crippen LogP contribution >= 0.6 is 23.2 Å². The van der Waals surface area contributed by atoms with Crippen molar-refractivity contribution in [1.29, 1.82) is 0 Å². The highest BCUT2D eigenvalue weighted by Crippen LogP contribution is 2.28. The number of carbonyl (C=O) groups excluding carboxylic acids is 2. The maximum absolute atomic E-state index is 13.5. The van der Waals surface area contributed by atoms with Gasteiger partial charge in [0.15, 0.2) is 6.04 Å². The molecule has 11 heteroatoms. The Kier molecular flexibility index (Phi) is 7.45. The summed E-state index contributed by atoms with van der Waals surface area (Å²) >= 11 is 11.9. The molecule has 0 spiro atoms. The third kappa shape index (κ3) is 4.91. The SMILES string of the molecule is COC[C@@H]1C(=O)NC/C(=C\c2cc(Cl)ccc2OC)C(=O)N1S(=O)(=O)c1ccc(Cl)cc1. The molecular weight excluding hydrogens is 479 g/mol. The summed E-state index contributed by atoms with van der Waals surface area (Å²) in [6, 6.07) is 8.70. The predicted molar refractivity (Wildman–Crippen MR) is 120 cm³/mol. The molecule has 0 unspecified atom stereocenters. The summed E-state index contributed by atoms with van der Waals surface area (Å²) in [6.45, 7) is -0.516. The monoisotopic (exact) mass is 498 g/mol. The minimum atomic E-state index is -4.42. The standard InChI is InChI=1S/C21H20Cl2N2O6S/c1-30-12-18-20(26)24-11-14(9-13-10-16(23)5-8-19(13)31-2)21(27)25(18)32(28,29)17-6-3-15(22)4-7-17/h3-10,18H,11-12H2,1-2H3,(H,24,26)/b14-9+/t18-/m1/s1. The molecule has 2 aromatic rings. The second kappa shape index (κ2) is 9.91. The van der Waals surface area contributed by atoms with E-state index in [1.54, 1.807) is 18.2 Å². The molecule has 0 aromatic heterocycles. The Morgan fingerprint density at radius 1 is 1.09 bits per heavy atom. The largest absolute Gasteiger partial charge is 0.496 e. The van der Waals surface area contributed by atoms with Gasteiger partial charge in [0.25, 0.3) is 15.9 Å². The van der Waals surface area contributed by atoms with Gasteiger partial charge in [0, 0.05) is 34.8 Å². The molecular formula is C21H20Cl2N2O6S. The molecule has 0 saturated carbocycles. The number of carbonyl (C=O) groups is 2. The molecule has 1 saturated heterocycles. The quantitative estimate of drug-likeness (QED) is 0.614. The zero-order chi connectivity index (χ0) is 23.5. The van der Waals surface area contributed by atoms with E-state index in [2.05, 4.69) is 5.32 Å². The number of hydrogen-bond acceptors (Lipinski definition) is 6. The second-order valence-corrected chi connectivity index (χ2v) is 9.49. The van der Waals surface area contributed by atoms with E-state index in [9.17, 15) is 18.0 Å². The van der Waals surface area contributed by atoms with Crippen LogP contribution in [0, 0.1) is 0 Å². The van der Waals surface area contributed by atoms with Crippen LogP contribution in [0.5, 0.6) is 5.75 Å². The summed E-state index contributed by atoms with van der Waals surface area (Å²) in [6.07, 6.45) is 1.44. The van der Waals surface area contributed by atoms with Gasteiger partial charge in [0.1, 0.15) is 5.75 Å². The molecule has 170 valence electrons. The highest BCUT2D eigenvalue weighted by atomic mass is 35.5. The molecule has 1 fully saturated rings. The van der Waals surface area contributed by atoms with Crippen LogP contribution in [0.15, 0.2) is 52.9 Å². The van der Waals surface area contributed by atoms with Crippen molar-refractivity contribution in [2.75, 3.05) is 27.4 Å². The molecule has 1 aliphatic rings. The number of methoxy groups -OCH3 is 2. The molecule has 0 bridgehead atoms. The van der Waals surface area contributed by atoms with Crippen LogP contribution in [0.25, 0.3) is 6.08 Å². The van der Waals surface area contributed by atoms with Crippen LogP contribution in [0.3, 0.4) is 0 Å². The van der Waals surface area contributed by atoms with E-state index in [0.717, 1.165) is 0 Å². The topological polar surface area (TPSA) is 102 Å². The van der Waals surface area contributed by atoms with E-state index in [0.29, 0.717) is 25.7 Å². The van der Waals surface area contributed by atoms with Gasteiger partial charge in [-0.15, -0.1) is 0 Å². The van der Waals surface area contributed by atoms with E-state index in [1.807, 2.05) is 0 Å². The first-order valence-corrected chi connectivity index (χ1v) is 11.5. The number of halogens is 2. The molecule has 1 heterocycles. The third-order valence-corrected chi connectivity index (χ3v) is 7.02. The lowest BCUT2D eigenvalue weighted by atomic mass is 10.1. The van der Waals surface area contributed by atoms with Gasteiger partial charge in [-0.05, 0) is 48.5 Å². The van der Waals surface area contributed by atoms with Gasteiger partial charge in [-0.25, -0.2) is 12.7 Å². The number of rotatable bonds is 6. The van der Waals surface area contributed by atoms with Crippen LogP contribution in [0.2, 0.25) is 10.0 Å². The molecule has 1 aliphatic heterocycles. The van der Waals surface area contributed by atoms with Crippen molar-refractivity contribution in [3.8, 4) is 5.75 Å². The van der Waals surface area contributed by atoms with Crippen molar-refractivity contribution in [2.24, 2.45) is 0 Å². The minimum Gasteiger partial charge on any atom is -0.496 e. The van der Waals surface area contributed by atoms with Crippen molar-refractivity contribution in [3.63, 3.8) is 0 Å². The zero-order valence-electron chi connectivity index (χ0n) is 17.2. The Balaban J connectivity index is 2.15. The summed E-state index contributed by atoms with van der Waals surface area (Å²) in [4.78, 5) is 26.0. The molecule has 2 amide bonds. The van der Waals surface area contributed by atoms with Gasteiger partial charge >= 0.3 is 0 Å². The Bertz CT molecular complexity index is 1170. The van der Waals surface area contributed by atoms with Crippen molar-refractivity contribution >= 4 is 51.1 Å². The molecule has 2 aromatic carbocycles. The smallest absolute Gasteiger partial charge is 0.267 e. The van der Waals surface area contributed by atoms with Gasteiger partial charge in [0.05, 0.1) is 18.6 Å². The van der Waals surface area contributed by atoms with Gasteiger partial charge in [-0.3, -0.25) is 9.59 Å². The highest BCUT2D eigenvalue weighted by molar-refractivity contribution is 7.89. The Morgan fingerprint density at radius 3 is 2.38 bits per heavy atom. The number of amides is 2. The zero-order valence-corrected chi connectivity index (χ0v) is 19.5. The summed E-state index contributed by atoms with van der Waals surface area (Å²) in [5, 5.41) is 3.30. The number of nitrogens with zero attached hydrogens (tertiary/aromatic N) is 1. The lowest BCUT2D eigenvalue weighted by Gasteiger charge is -2.27. The summed E-state index contributed by atoms with van der Waals surface area (Å²) in [5.41, 5.74) is 0.474. The molecule has 0 radical (unpaired) electrons. The fraction of sp³-hybridized carbons (Fsp3) is 0.238. The lowest BCUT2D eigenvalue weighted by molar-refractivity contribution is -0.132. The first kappa shape index (κ1) is 24.1. The Labute approximate surface area is 195 Å². The number of ether oxygens (including phenoxy) is 2. The first-order valence-electron chi connectivity index (χ1n) is 9.34. The van der Waals surface area contributed by atoms with E-state index in [4.69, 9.17) is 32.7 Å². The Morgan fingerprint density at radius 2 is 1.75 bits per heavy atom. The number of benzene rings is 2. The summed E-state index contributed by atoms with van der Waals surface area (Å²) in [5.74, 6) is -1.12. The van der Waals surface area contributed by atoms with Crippen molar-refractivity contribution in [1.82, 2.24) is 9.62 Å². The molecule has 8 nitrogen and oxygen atoms in total. The molecule has 0 aliphatic carbocycles. The van der Waals surface area contributed by atoms with E-state index in [1.165, 1.54) is 44.6 Å². The van der Waals surface area contributed by atoms with Crippen molar-refractivity contribution < 1.29 is 27.5 Å². The summed E-state index contributed by atoms with van der Waals surface area (Å²) in [7, 11) is -1.66. The molecule has 1 N–H and O–H groups in total. The Hall–Kier alpha value is -2.59. The highest BCUT2D eigenvalue weighted by Gasteiger charge is 2.43. The fourth-order valence-corrected chi connectivity index (χ4v) is 5.02. The van der Waals surface area contributed by atoms with Gasteiger partial charge in [0.2, 0.25) is 5.91 Å². The maximum atomic E-state index is 13.5. The second-order valence-electron chi connectivity index (χ2n) is 6.80. The van der Waals surface area contributed by atoms with Crippen LogP contribution in [-0.4, -0.2) is 58.0 Å². The number of sulfonamides is 1. The van der Waals surface area contributed by atoms with Crippen LogP contribution in [-0.2, 0) is 24.3 Å². The third-order valence-electron chi connectivity index (χ3n) is 4.73. The maximum Gasteiger partial charge on any atom is 0.267 e. The number of hydrogen-bond donors (Lipinski definition) is 1. The normalized spacial score (nSPS) is 18.4. The van der Waals surface area contributed by atoms with Gasteiger partial charge < -0.3 is 14.8 Å². The van der Waals surface area contributed by atoms with Crippen LogP contribution in [0.4, 0.5) is 0 Å². The average Bonchev–Trinajstić information content (AvgIpc) is 2.86. The van der Waals surface area contributed by atoms with Gasteiger partial charge in [-0.2, -0.15) is 0 Å². The molecule has 32 heavy (non-hydrogen) atoms. The van der Waals surface area contributed by atoms with Crippen molar-refractivity contribution in [3.05, 3.63) is 63.6 Å². The van der Waals surface area contributed by atoms with Crippen LogP contribution < -0.4 is 10.1 Å². The number of nitrogens with one attached hydrogen (secondary N) is 1. The first-order chi connectivity index (χ1) is 15.2. The summed E-state index contributed by atoms with van der Waals surface area (Å²) < 4.78 is 37.7. The lowest BCUT2D eigenvalue weighted by Crippen LogP contribution is -2.51. The predicted octanol–water partition coefficient (Wildman–Crippen LogP) is 2.75. The molecule has 3 rings (SSSR count). The van der Waals surface area contributed by atoms with E-state index >= 15 is 0 Å². The molecule has 1 atom stereocenters.